The molecule has 0 unspecified atom stereocenters. The van der Waals surface area contributed by atoms with Crippen molar-refractivity contribution in [2.24, 2.45) is 0 Å². The van der Waals surface area contributed by atoms with E-state index in [1.54, 1.807) is 36.4 Å². The summed E-state index contributed by atoms with van der Waals surface area (Å²) >= 11 is 6.08. The lowest BCUT2D eigenvalue weighted by Gasteiger charge is -2.19. The van der Waals surface area contributed by atoms with Gasteiger partial charge in [0.15, 0.2) is 0 Å². The molecule has 0 fully saturated rings. The van der Waals surface area contributed by atoms with E-state index in [0.29, 0.717) is 22.0 Å². The molecule has 1 atom stereocenters. The predicted octanol–water partition coefficient (Wildman–Crippen LogP) is 2.41. The zero-order valence-electron chi connectivity index (χ0n) is 20.5. The minimum absolute atomic E-state index is 0.110. The van der Waals surface area contributed by atoms with E-state index in [0.717, 1.165) is 5.56 Å². The molecule has 1 aromatic heterocycles. The zero-order chi connectivity index (χ0) is 27.8. The molecule has 39 heavy (non-hydrogen) atoms. The van der Waals surface area contributed by atoms with Gasteiger partial charge in [-0.1, -0.05) is 41.9 Å². The number of carbonyl (C=O) groups excluding carboxylic acids is 4. The van der Waals surface area contributed by atoms with Crippen LogP contribution in [0.15, 0.2) is 79.1 Å². The molecule has 0 radical (unpaired) electrons. The van der Waals surface area contributed by atoms with Crippen molar-refractivity contribution in [3.63, 3.8) is 0 Å². The highest BCUT2D eigenvalue weighted by atomic mass is 35.5. The molecule has 12 nitrogen and oxygen atoms in total. The van der Waals surface area contributed by atoms with Crippen LogP contribution >= 0.6 is 11.6 Å². The second-order valence-corrected chi connectivity index (χ2v) is 8.58. The summed E-state index contributed by atoms with van der Waals surface area (Å²) in [5.41, 5.74) is 2.01. The van der Waals surface area contributed by atoms with Crippen molar-refractivity contribution in [3.05, 3.63) is 95.3 Å². The lowest BCUT2D eigenvalue weighted by molar-refractivity contribution is -0.137. The molecule has 0 saturated carbocycles. The SMILES string of the molecule is COC(=O)c1ccc(NC(=O)[C@H](Cc2ccccc2)NC(=O)C(=O)Nc2cc(Cl)ccc2-n2cnnn2)cc1. The number of hydrogen-bond donors (Lipinski definition) is 3. The fraction of sp³-hybridized carbons (Fsp3) is 0.115. The van der Waals surface area contributed by atoms with Crippen LogP contribution in [0.3, 0.4) is 0 Å². The van der Waals surface area contributed by atoms with Gasteiger partial charge in [0.05, 0.1) is 24.0 Å². The molecule has 4 aromatic rings. The largest absolute Gasteiger partial charge is 0.465 e. The first-order chi connectivity index (χ1) is 18.8. The standard InChI is InChI=1S/C26H22ClN7O5/c1-39-26(38)17-7-10-19(11-8-17)29-23(35)21(13-16-5-3-2-4-6-16)31-25(37)24(36)30-20-14-18(27)9-12-22(20)34-15-28-32-33-34/h2-12,14-15,21H,13H2,1H3,(H,29,35)(H,30,36)(H,31,37)/t21-/m0/s1. The van der Waals surface area contributed by atoms with Crippen molar-refractivity contribution in [1.29, 1.82) is 0 Å². The first-order valence-electron chi connectivity index (χ1n) is 11.5. The number of benzene rings is 3. The van der Waals surface area contributed by atoms with Gasteiger partial charge in [0.25, 0.3) is 0 Å². The predicted molar refractivity (Wildman–Crippen MR) is 141 cm³/mol. The average molecular weight is 548 g/mol. The van der Waals surface area contributed by atoms with E-state index in [1.807, 2.05) is 6.07 Å². The van der Waals surface area contributed by atoms with Crippen LogP contribution in [0.1, 0.15) is 15.9 Å². The zero-order valence-corrected chi connectivity index (χ0v) is 21.3. The summed E-state index contributed by atoms with van der Waals surface area (Å²) in [6.07, 6.45) is 1.43. The Hall–Kier alpha value is -5.10. The van der Waals surface area contributed by atoms with Crippen LogP contribution in [-0.4, -0.2) is 57.0 Å². The monoisotopic (exact) mass is 547 g/mol. The molecule has 198 valence electrons. The topological polar surface area (TPSA) is 157 Å². The number of halogens is 1. The highest BCUT2D eigenvalue weighted by Gasteiger charge is 2.26. The molecular formula is C26H22ClN7O5. The van der Waals surface area contributed by atoms with Gasteiger partial charge < -0.3 is 20.7 Å². The number of methoxy groups -OCH3 is 1. The molecule has 13 heteroatoms. The number of esters is 1. The van der Waals surface area contributed by atoms with Crippen molar-refractivity contribution in [3.8, 4) is 5.69 Å². The molecular weight excluding hydrogens is 526 g/mol. The third-order valence-electron chi connectivity index (χ3n) is 5.49. The van der Waals surface area contributed by atoms with Crippen molar-refractivity contribution in [2.45, 2.75) is 12.5 Å². The van der Waals surface area contributed by atoms with Crippen LogP contribution in [0, 0.1) is 0 Å². The van der Waals surface area contributed by atoms with Crippen LogP contribution in [0.5, 0.6) is 0 Å². The molecule has 1 heterocycles. The summed E-state index contributed by atoms with van der Waals surface area (Å²) in [4.78, 5) is 50.6. The van der Waals surface area contributed by atoms with Crippen LogP contribution < -0.4 is 16.0 Å². The Morgan fingerprint density at radius 3 is 2.36 bits per heavy atom. The molecule has 3 aromatic carbocycles. The fourth-order valence-corrected chi connectivity index (χ4v) is 3.75. The molecule has 0 aliphatic heterocycles. The molecule has 0 bridgehead atoms. The first-order valence-corrected chi connectivity index (χ1v) is 11.9. The summed E-state index contributed by atoms with van der Waals surface area (Å²) < 4.78 is 5.97. The van der Waals surface area contributed by atoms with E-state index in [1.165, 1.54) is 48.5 Å². The van der Waals surface area contributed by atoms with Gasteiger partial charge in [0.2, 0.25) is 5.91 Å². The average Bonchev–Trinajstić information content (AvgIpc) is 3.48. The molecule has 3 N–H and O–H groups in total. The normalized spacial score (nSPS) is 11.2. The van der Waals surface area contributed by atoms with Gasteiger partial charge in [-0.25, -0.2) is 4.79 Å². The highest BCUT2D eigenvalue weighted by molar-refractivity contribution is 6.40. The number of rotatable bonds is 8. The van der Waals surface area contributed by atoms with Gasteiger partial charge in [-0.15, -0.1) is 5.10 Å². The number of nitrogens with one attached hydrogen (secondary N) is 3. The summed E-state index contributed by atoms with van der Waals surface area (Å²) in [5.74, 6) is -3.16. The summed E-state index contributed by atoms with van der Waals surface area (Å²) in [6.45, 7) is 0. The van der Waals surface area contributed by atoms with Crippen LogP contribution in [-0.2, 0) is 25.5 Å². The highest BCUT2D eigenvalue weighted by Crippen LogP contribution is 2.23. The van der Waals surface area contributed by atoms with Crippen molar-refractivity contribution in [1.82, 2.24) is 25.5 Å². The van der Waals surface area contributed by atoms with E-state index in [2.05, 4.69) is 36.2 Å². The number of carbonyl (C=O) groups is 4. The maximum absolute atomic E-state index is 13.2. The van der Waals surface area contributed by atoms with Crippen LogP contribution in [0.2, 0.25) is 5.02 Å². The maximum Gasteiger partial charge on any atom is 0.337 e. The summed E-state index contributed by atoms with van der Waals surface area (Å²) in [6, 6.07) is 18.5. The third kappa shape index (κ3) is 7.02. The number of anilines is 2. The van der Waals surface area contributed by atoms with E-state index in [-0.39, 0.29) is 12.1 Å². The van der Waals surface area contributed by atoms with Crippen molar-refractivity contribution < 1.29 is 23.9 Å². The first kappa shape index (κ1) is 26.9. The number of aromatic nitrogens is 4. The Balaban J connectivity index is 1.50. The molecule has 0 aliphatic rings. The Labute approximate surface area is 227 Å². The molecule has 3 amide bonds. The Morgan fingerprint density at radius 2 is 1.69 bits per heavy atom. The van der Waals surface area contributed by atoms with E-state index in [4.69, 9.17) is 11.6 Å². The summed E-state index contributed by atoms with van der Waals surface area (Å²) in [7, 11) is 1.27. The molecule has 4 rings (SSSR count). The van der Waals surface area contributed by atoms with Gasteiger partial charge in [0.1, 0.15) is 12.4 Å². The van der Waals surface area contributed by atoms with Gasteiger partial charge >= 0.3 is 17.8 Å². The third-order valence-corrected chi connectivity index (χ3v) is 5.72. The Kier molecular flexibility index (Phi) is 8.59. The molecule has 0 spiro atoms. The molecule has 0 saturated heterocycles. The van der Waals surface area contributed by atoms with Gasteiger partial charge in [-0.05, 0) is 58.5 Å². The van der Waals surface area contributed by atoms with Gasteiger partial charge in [0, 0.05) is 17.1 Å². The number of amides is 3. The number of tetrazole rings is 1. The second-order valence-electron chi connectivity index (χ2n) is 8.14. The molecule has 0 aliphatic carbocycles. The minimum Gasteiger partial charge on any atom is -0.465 e. The quantitative estimate of drug-likeness (QED) is 0.224. The van der Waals surface area contributed by atoms with Crippen LogP contribution in [0.4, 0.5) is 11.4 Å². The summed E-state index contributed by atoms with van der Waals surface area (Å²) in [5, 5.41) is 18.9. The Bertz CT molecular complexity index is 1480. The minimum atomic E-state index is -1.11. The Morgan fingerprint density at radius 1 is 0.949 bits per heavy atom. The maximum atomic E-state index is 13.2. The number of hydrogen-bond acceptors (Lipinski definition) is 8. The smallest absolute Gasteiger partial charge is 0.337 e. The second kappa shape index (κ2) is 12.4. The van der Waals surface area contributed by atoms with Crippen molar-refractivity contribution >= 4 is 46.7 Å². The number of ether oxygens (including phenoxy) is 1. The van der Waals surface area contributed by atoms with E-state index >= 15 is 0 Å². The van der Waals surface area contributed by atoms with Crippen LogP contribution in [0.25, 0.3) is 5.69 Å². The van der Waals surface area contributed by atoms with Gasteiger partial charge in [-0.3, -0.25) is 14.4 Å². The lowest BCUT2D eigenvalue weighted by Crippen LogP contribution is -2.49. The van der Waals surface area contributed by atoms with Gasteiger partial charge in [-0.2, -0.15) is 4.68 Å². The fourth-order valence-electron chi connectivity index (χ4n) is 3.58. The van der Waals surface area contributed by atoms with E-state index in [9.17, 15) is 19.2 Å². The lowest BCUT2D eigenvalue weighted by atomic mass is 10.0. The van der Waals surface area contributed by atoms with E-state index < -0.39 is 29.7 Å². The van der Waals surface area contributed by atoms with Crippen molar-refractivity contribution in [2.75, 3.05) is 17.7 Å². The number of nitrogens with zero attached hydrogens (tertiary/aromatic N) is 4.